The van der Waals surface area contributed by atoms with Crippen molar-refractivity contribution in [1.82, 2.24) is 4.90 Å². The summed E-state index contributed by atoms with van der Waals surface area (Å²) in [4.78, 5) is 27.6. The molecule has 0 saturated carbocycles. The van der Waals surface area contributed by atoms with Crippen LogP contribution in [0.25, 0.3) is 5.76 Å². The molecule has 3 aromatic carbocycles. The van der Waals surface area contributed by atoms with Gasteiger partial charge in [-0.25, -0.2) is 4.39 Å². The number of hydrogen-bond donors (Lipinski definition) is 1. The molecular formula is C27H23BrFNO5. The van der Waals surface area contributed by atoms with Crippen molar-refractivity contribution in [3.8, 4) is 11.5 Å². The summed E-state index contributed by atoms with van der Waals surface area (Å²) in [5, 5.41) is 11.1. The zero-order chi connectivity index (χ0) is 25.1. The summed E-state index contributed by atoms with van der Waals surface area (Å²) < 4.78 is 25.1. The topological polar surface area (TPSA) is 76.1 Å². The number of Topliss-reactive ketones (excluding diaryl/α,β-unsaturated/α-hetero) is 1. The zero-order valence-corrected chi connectivity index (χ0v) is 20.7. The van der Waals surface area contributed by atoms with Gasteiger partial charge in [0.25, 0.3) is 11.7 Å². The third kappa shape index (κ3) is 4.93. The van der Waals surface area contributed by atoms with E-state index < -0.39 is 23.5 Å². The Morgan fingerprint density at radius 3 is 2.26 bits per heavy atom. The van der Waals surface area contributed by atoms with Gasteiger partial charge >= 0.3 is 0 Å². The first-order valence-corrected chi connectivity index (χ1v) is 11.6. The average molecular weight is 540 g/mol. The molecule has 35 heavy (non-hydrogen) atoms. The van der Waals surface area contributed by atoms with Crippen molar-refractivity contribution in [3.63, 3.8) is 0 Å². The van der Waals surface area contributed by atoms with Crippen LogP contribution in [-0.2, 0) is 16.0 Å². The minimum Gasteiger partial charge on any atom is -0.507 e. The fourth-order valence-corrected chi connectivity index (χ4v) is 4.42. The number of methoxy groups -OCH3 is 2. The van der Waals surface area contributed by atoms with E-state index >= 15 is 0 Å². The summed E-state index contributed by atoms with van der Waals surface area (Å²) in [5.41, 5.74) is 1.77. The first-order chi connectivity index (χ1) is 16.8. The Hall–Kier alpha value is -3.65. The second kappa shape index (κ2) is 10.3. The molecule has 0 unspecified atom stereocenters. The number of amides is 1. The van der Waals surface area contributed by atoms with Crippen LogP contribution >= 0.6 is 15.9 Å². The molecule has 1 aliphatic rings. The number of rotatable bonds is 7. The van der Waals surface area contributed by atoms with Gasteiger partial charge in [0.15, 0.2) is 11.5 Å². The number of hydrogen-bond acceptors (Lipinski definition) is 5. The molecule has 3 aromatic rings. The lowest BCUT2D eigenvalue weighted by Crippen LogP contribution is -2.31. The summed E-state index contributed by atoms with van der Waals surface area (Å²) >= 11 is 3.35. The quantitative estimate of drug-likeness (QED) is 0.251. The number of halogens is 2. The monoisotopic (exact) mass is 539 g/mol. The summed E-state index contributed by atoms with van der Waals surface area (Å²) in [6, 6.07) is 16.9. The second-order valence-electron chi connectivity index (χ2n) is 7.99. The van der Waals surface area contributed by atoms with Gasteiger partial charge in [-0.05, 0) is 53.9 Å². The highest BCUT2D eigenvalue weighted by atomic mass is 79.9. The molecule has 1 heterocycles. The molecule has 0 aliphatic carbocycles. The highest BCUT2D eigenvalue weighted by Crippen LogP contribution is 2.40. The van der Waals surface area contributed by atoms with Gasteiger partial charge < -0.3 is 19.5 Å². The summed E-state index contributed by atoms with van der Waals surface area (Å²) in [7, 11) is 3.09. The van der Waals surface area contributed by atoms with Crippen LogP contribution < -0.4 is 9.47 Å². The molecule has 1 amide bonds. The number of ketones is 1. The Morgan fingerprint density at radius 1 is 0.971 bits per heavy atom. The highest BCUT2D eigenvalue weighted by molar-refractivity contribution is 9.10. The van der Waals surface area contributed by atoms with Crippen LogP contribution in [-0.4, -0.2) is 42.5 Å². The first-order valence-electron chi connectivity index (χ1n) is 10.8. The summed E-state index contributed by atoms with van der Waals surface area (Å²) in [5.74, 6) is -1.09. The molecule has 0 aromatic heterocycles. The molecule has 8 heteroatoms. The standard InChI is InChI=1S/C27H23BrFNO5/c1-34-21-12-3-16(15-22(21)35-2)13-14-30-24(17-6-10-20(29)11-7-17)23(26(32)27(30)33)25(31)18-4-8-19(28)9-5-18/h3-12,15,24,31H,13-14H2,1-2H3/t24-/m0/s1. The second-order valence-corrected chi connectivity index (χ2v) is 8.91. The van der Waals surface area contributed by atoms with E-state index in [1.807, 2.05) is 12.1 Å². The minimum atomic E-state index is -0.862. The van der Waals surface area contributed by atoms with E-state index in [0.29, 0.717) is 29.0 Å². The molecule has 1 atom stereocenters. The maximum absolute atomic E-state index is 13.6. The lowest BCUT2D eigenvalue weighted by Gasteiger charge is -2.25. The third-order valence-corrected chi connectivity index (χ3v) is 6.46. The van der Waals surface area contributed by atoms with Crippen LogP contribution in [0.4, 0.5) is 4.39 Å². The van der Waals surface area contributed by atoms with Gasteiger partial charge in [0, 0.05) is 16.6 Å². The molecule has 0 bridgehead atoms. The van der Waals surface area contributed by atoms with Gasteiger partial charge in [-0.1, -0.05) is 46.3 Å². The van der Waals surface area contributed by atoms with Crippen LogP contribution in [0.15, 0.2) is 76.8 Å². The van der Waals surface area contributed by atoms with Gasteiger partial charge in [-0.15, -0.1) is 0 Å². The van der Waals surface area contributed by atoms with Crippen LogP contribution in [0.5, 0.6) is 11.5 Å². The van der Waals surface area contributed by atoms with Gasteiger partial charge in [0.1, 0.15) is 11.6 Å². The van der Waals surface area contributed by atoms with Gasteiger partial charge in [0.2, 0.25) is 0 Å². The van der Waals surface area contributed by atoms with E-state index in [9.17, 15) is 19.1 Å². The molecule has 1 aliphatic heterocycles. The Balaban J connectivity index is 1.73. The largest absolute Gasteiger partial charge is 0.507 e. The predicted octanol–water partition coefficient (Wildman–Crippen LogP) is 5.27. The molecule has 1 saturated heterocycles. The fourth-order valence-electron chi connectivity index (χ4n) is 4.15. The Kier molecular flexibility index (Phi) is 7.21. The van der Waals surface area contributed by atoms with E-state index in [-0.39, 0.29) is 17.9 Å². The van der Waals surface area contributed by atoms with Gasteiger partial charge in [-0.3, -0.25) is 9.59 Å². The molecule has 1 fully saturated rings. The number of carbonyl (C=O) groups is 2. The predicted molar refractivity (Wildman–Crippen MR) is 133 cm³/mol. The van der Waals surface area contributed by atoms with Crippen molar-refractivity contribution in [2.75, 3.05) is 20.8 Å². The van der Waals surface area contributed by atoms with E-state index in [1.165, 1.54) is 36.3 Å². The van der Waals surface area contributed by atoms with Crippen molar-refractivity contribution in [3.05, 3.63) is 99.3 Å². The first kappa shape index (κ1) is 24.5. The third-order valence-electron chi connectivity index (χ3n) is 5.93. The SMILES string of the molecule is COc1ccc(CCN2C(=O)C(=O)C(=C(O)c3ccc(Br)cc3)[C@@H]2c2ccc(F)cc2)cc1OC. The number of aliphatic hydroxyl groups excluding tert-OH is 1. The summed E-state index contributed by atoms with van der Waals surface area (Å²) in [6.45, 7) is 0.194. The Bertz CT molecular complexity index is 1290. The average Bonchev–Trinajstić information content (AvgIpc) is 3.12. The van der Waals surface area contributed by atoms with Gasteiger partial charge in [0.05, 0.1) is 25.8 Å². The number of aliphatic hydroxyl groups is 1. The summed E-state index contributed by atoms with van der Waals surface area (Å²) in [6.07, 6.45) is 0.420. The van der Waals surface area contributed by atoms with E-state index in [4.69, 9.17) is 9.47 Å². The Morgan fingerprint density at radius 2 is 1.63 bits per heavy atom. The van der Waals surface area contributed by atoms with Crippen LogP contribution in [0, 0.1) is 5.82 Å². The van der Waals surface area contributed by atoms with Crippen molar-refractivity contribution in [1.29, 1.82) is 0 Å². The minimum absolute atomic E-state index is 0.0313. The molecule has 0 radical (unpaired) electrons. The van der Waals surface area contributed by atoms with E-state index in [2.05, 4.69) is 15.9 Å². The number of likely N-dealkylation sites (tertiary alicyclic amines) is 1. The lowest BCUT2D eigenvalue weighted by molar-refractivity contribution is -0.139. The normalized spacial score (nSPS) is 17.0. The molecule has 4 rings (SSSR count). The van der Waals surface area contributed by atoms with Crippen molar-refractivity contribution >= 4 is 33.4 Å². The zero-order valence-electron chi connectivity index (χ0n) is 19.1. The van der Waals surface area contributed by atoms with Crippen LogP contribution in [0.1, 0.15) is 22.7 Å². The van der Waals surface area contributed by atoms with E-state index in [0.717, 1.165) is 10.0 Å². The fraction of sp³-hybridized carbons (Fsp3) is 0.185. The van der Waals surface area contributed by atoms with E-state index in [1.54, 1.807) is 37.4 Å². The molecule has 6 nitrogen and oxygen atoms in total. The number of ether oxygens (including phenoxy) is 2. The number of carbonyl (C=O) groups excluding carboxylic acids is 2. The molecule has 180 valence electrons. The van der Waals surface area contributed by atoms with Gasteiger partial charge in [-0.2, -0.15) is 0 Å². The smallest absolute Gasteiger partial charge is 0.295 e. The van der Waals surface area contributed by atoms with Crippen molar-refractivity contribution in [2.45, 2.75) is 12.5 Å². The number of benzene rings is 3. The molecule has 0 spiro atoms. The number of nitrogens with zero attached hydrogens (tertiary/aromatic N) is 1. The van der Waals surface area contributed by atoms with Crippen molar-refractivity contribution < 1.29 is 28.6 Å². The maximum atomic E-state index is 13.6. The molecule has 1 N–H and O–H groups in total. The van der Waals surface area contributed by atoms with Crippen molar-refractivity contribution in [2.24, 2.45) is 0 Å². The lowest BCUT2D eigenvalue weighted by atomic mass is 9.95. The molecular weight excluding hydrogens is 517 g/mol. The highest BCUT2D eigenvalue weighted by Gasteiger charge is 2.45. The van der Waals surface area contributed by atoms with Crippen LogP contribution in [0.2, 0.25) is 0 Å². The maximum Gasteiger partial charge on any atom is 0.295 e. The van der Waals surface area contributed by atoms with Crippen LogP contribution in [0.3, 0.4) is 0 Å². The Labute approximate surface area is 210 Å².